The Labute approximate surface area is 154 Å². The SMILES string of the molecule is CC(C)(CNC(=O)C1NNC2CCNCC21)c1cccc(Cl)c1.Cl. The fraction of sp³-hybridized carbons (Fsp3) is 0.588. The Bertz CT molecular complexity index is 581. The number of carbonyl (C=O) groups excluding carboxylic acids is 1. The maximum absolute atomic E-state index is 12.6. The Balaban J connectivity index is 0.00000208. The van der Waals surface area contributed by atoms with Crippen LogP contribution in [0, 0.1) is 5.92 Å². The number of benzene rings is 1. The van der Waals surface area contributed by atoms with Gasteiger partial charge in [-0.25, -0.2) is 5.43 Å². The van der Waals surface area contributed by atoms with Gasteiger partial charge in [0.15, 0.2) is 0 Å². The van der Waals surface area contributed by atoms with E-state index in [0.717, 1.165) is 30.1 Å². The van der Waals surface area contributed by atoms with Crippen molar-refractivity contribution in [3.8, 4) is 0 Å². The van der Waals surface area contributed by atoms with Crippen molar-refractivity contribution >= 4 is 29.9 Å². The van der Waals surface area contributed by atoms with E-state index in [9.17, 15) is 4.79 Å². The normalized spacial score (nSPS) is 26.4. The third-order valence-corrected chi connectivity index (χ3v) is 5.21. The van der Waals surface area contributed by atoms with Gasteiger partial charge in [0, 0.05) is 35.5 Å². The molecule has 1 amide bonds. The van der Waals surface area contributed by atoms with Crippen LogP contribution in [0.25, 0.3) is 0 Å². The summed E-state index contributed by atoms with van der Waals surface area (Å²) in [7, 11) is 0. The number of carbonyl (C=O) groups is 1. The van der Waals surface area contributed by atoms with Crippen LogP contribution in [0.5, 0.6) is 0 Å². The fourth-order valence-electron chi connectivity index (χ4n) is 3.41. The molecule has 24 heavy (non-hydrogen) atoms. The predicted octanol–water partition coefficient (Wildman–Crippen LogP) is 1.61. The Morgan fingerprint density at radius 2 is 2.17 bits per heavy atom. The molecule has 3 atom stereocenters. The molecule has 2 fully saturated rings. The molecule has 4 N–H and O–H groups in total. The quantitative estimate of drug-likeness (QED) is 0.648. The summed E-state index contributed by atoms with van der Waals surface area (Å²) in [6.07, 6.45) is 1.05. The topological polar surface area (TPSA) is 65.2 Å². The van der Waals surface area contributed by atoms with Crippen LogP contribution in [0.15, 0.2) is 24.3 Å². The smallest absolute Gasteiger partial charge is 0.238 e. The molecule has 0 saturated carbocycles. The van der Waals surface area contributed by atoms with Crippen LogP contribution in [0.1, 0.15) is 25.8 Å². The Kier molecular flexibility index (Phi) is 6.51. The molecule has 0 bridgehead atoms. The van der Waals surface area contributed by atoms with E-state index >= 15 is 0 Å². The van der Waals surface area contributed by atoms with Gasteiger partial charge in [0.2, 0.25) is 5.91 Å². The van der Waals surface area contributed by atoms with Crippen LogP contribution in [0.4, 0.5) is 0 Å². The van der Waals surface area contributed by atoms with Crippen molar-refractivity contribution < 1.29 is 4.79 Å². The van der Waals surface area contributed by atoms with Gasteiger partial charge in [0.25, 0.3) is 0 Å². The highest BCUT2D eigenvalue weighted by molar-refractivity contribution is 6.30. The maximum Gasteiger partial charge on any atom is 0.238 e. The van der Waals surface area contributed by atoms with Crippen LogP contribution in [-0.4, -0.2) is 37.6 Å². The lowest BCUT2D eigenvalue weighted by atomic mass is 9.84. The van der Waals surface area contributed by atoms with Crippen molar-refractivity contribution in [1.29, 1.82) is 0 Å². The van der Waals surface area contributed by atoms with Crippen molar-refractivity contribution in [2.45, 2.75) is 37.8 Å². The van der Waals surface area contributed by atoms with E-state index in [1.54, 1.807) is 0 Å². The van der Waals surface area contributed by atoms with Crippen molar-refractivity contribution in [2.24, 2.45) is 5.92 Å². The summed E-state index contributed by atoms with van der Waals surface area (Å²) in [4.78, 5) is 12.6. The van der Waals surface area contributed by atoms with Gasteiger partial charge in [-0.2, -0.15) is 0 Å². The molecular weight excluding hydrogens is 347 g/mol. The van der Waals surface area contributed by atoms with Crippen LogP contribution < -0.4 is 21.5 Å². The number of fused-ring (bicyclic) bond motifs is 1. The summed E-state index contributed by atoms with van der Waals surface area (Å²) in [6, 6.07) is 8.03. The van der Waals surface area contributed by atoms with E-state index in [0.29, 0.717) is 18.5 Å². The van der Waals surface area contributed by atoms with Gasteiger partial charge >= 0.3 is 0 Å². The lowest BCUT2D eigenvalue weighted by molar-refractivity contribution is -0.124. The molecule has 5 nitrogen and oxygen atoms in total. The van der Waals surface area contributed by atoms with E-state index < -0.39 is 0 Å². The monoisotopic (exact) mass is 372 g/mol. The van der Waals surface area contributed by atoms with Crippen LogP contribution in [-0.2, 0) is 10.2 Å². The zero-order valence-corrected chi connectivity index (χ0v) is 15.6. The number of hydrazine groups is 1. The van der Waals surface area contributed by atoms with Crippen molar-refractivity contribution in [3.63, 3.8) is 0 Å². The molecule has 1 aromatic carbocycles. The molecule has 7 heteroatoms. The summed E-state index contributed by atoms with van der Waals surface area (Å²) in [6.45, 7) is 6.69. The van der Waals surface area contributed by atoms with E-state index in [1.165, 1.54) is 0 Å². The number of hydrogen-bond donors (Lipinski definition) is 4. The first kappa shape index (κ1) is 19.5. The second-order valence-electron chi connectivity index (χ2n) is 7.14. The second kappa shape index (κ2) is 8.02. The van der Waals surface area contributed by atoms with Crippen molar-refractivity contribution in [1.82, 2.24) is 21.5 Å². The average Bonchev–Trinajstić information content (AvgIpc) is 2.97. The standard InChI is InChI=1S/C17H25ClN4O.ClH/c1-17(2,11-4-3-5-12(18)8-11)10-20-16(23)15-13-9-19-7-6-14(13)21-22-15;/h3-5,8,13-15,19,21-22H,6-7,9-10H2,1-2H3,(H,20,23);1H. The van der Waals surface area contributed by atoms with Gasteiger partial charge in [-0.05, 0) is 30.7 Å². The van der Waals surface area contributed by atoms with Crippen molar-refractivity contribution in [3.05, 3.63) is 34.9 Å². The largest absolute Gasteiger partial charge is 0.354 e. The van der Waals surface area contributed by atoms with Gasteiger partial charge in [0.05, 0.1) is 0 Å². The lowest BCUT2D eigenvalue weighted by Crippen LogP contribution is -2.51. The molecule has 3 unspecified atom stereocenters. The highest BCUT2D eigenvalue weighted by Gasteiger charge is 2.41. The Hall–Kier alpha value is -0.850. The third kappa shape index (κ3) is 4.21. The van der Waals surface area contributed by atoms with Crippen LogP contribution in [0.3, 0.4) is 0 Å². The summed E-state index contributed by atoms with van der Waals surface area (Å²) in [5.74, 6) is 0.363. The van der Waals surface area contributed by atoms with E-state index in [4.69, 9.17) is 11.6 Å². The van der Waals surface area contributed by atoms with Gasteiger partial charge in [-0.1, -0.05) is 37.6 Å². The molecule has 2 saturated heterocycles. The van der Waals surface area contributed by atoms with Crippen LogP contribution >= 0.6 is 24.0 Å². The van der Waals surface area contributed by atoms with Gasteiger partial charge in [0.1, 0.15) is 6.04 Å². The molecule has 0 spiro atoms. The van der Waals surface area contributed by atoms with Gasteiger partial charge in [-0.3, -0.25) is 10.2 Å². The van der Waals surface area contributed by atoms with Gasteiger partial charge < -0.3 is 10.6 Å². The van der Waals surface area contributed by atoms with E-state index in [2.05, 4.69) is 41.4 Å². The molecule has 2 heterocycles. The minimum Gasteiger partial charge on any atom is -0.354 e. The summed E-state index contributed by atoms with van der Waals surface area (Å²) >= 11 is 6.08. The highest BCUT2D eigenvalue weighted by Crippen LogP contribution is 2.25. The fourth-order valence-corrected chi connectivity index (χ4v) is 3.60. The molecule has 0 aromatic heterocycles. The zero-order valence-electron chi connectivity index (χ0n) is 14.1. The Morgan fingerprint density at radius 3 is 2.92 bits per heavy atom. The first-order valence-corrected chi connectivity index (χ1v) is 8.61. The molecule has 0 radical (unpaired) electrons. The predicted molar refractivity (Wildman–Crippen MR) is 99.6 cm³/mol. The summed E-state index contributed by atoms with van der Waals surface area (Å²) in [5.41, 5.74) is 7.37. The molecule has 0 aliphatic carbocycles. The summed E-state index contributed by atoms with van der Waals surface area (Å²) < 4.78 is 0. The Morgan fingerprint density at radius 1 is 1.38 bits per heavy atom. The second-order valence-corrected chi connectivity index (χ2v) is 7.58. The lowest BCUT2D eigenvalue weighted by Gasteiger charge is -2.29. The minimum atomic E-state index is -0.178. The molecule has 134 valence electrons. The molecular formula is C17H26Cl2N4O. The number of nitrogens with one attached hydrogen (secondary N) is 4. The van der Waals surface area contributed by atoms with E-state index in [1.807, 2.05) is 18.2 Å². The van der Waals surface area contributed by atoms with E-state index in [-0.39, 0.29) is 29.8 Å². The average molecular weight is 373 g/mol. The molecule has 2 aliphatic heterocycles. The number of hydrogen-bond acceptors (Lipinski definition) is 4. The zero-order chi connectivity index (χ0) is 16.4. The highest BCUT2D eigenvalue weighted by atomic mass is 35.5. The number of piperidine rings is 1. The minimum absolute atomic E-state index is 0. The van der Waals surface area contributed by atoms with Crippen LogP contribution in [0.2, 0.25) is 5.02 Å². The third-order valence-electron chi connectivity index (χ3n) is 4.97. The molecule has 1 aromatic rings. The van der Waals surface area contributed by atoms with Gasteiger partial charge in [-0.15, -0.1) is 12.4 Å². The maximum atomic E-state index is 12.6. The molecule has 2 aliphatic rings. The number of halogens is 2. The van der Waals surface area contributed by atoms with Crippen molar-refractivity contribution in [2.75, 3.05) is 19.6 Å². The first-order valence-electron chi connectivity index (χ1n) is 8.23. The molecule has 3 rings (SSSR count). The summed E-state index contributed by atoms with van der Waals surface area (Å²) in [5, 5.41) is 7.20. The number of amides is 1. The number of rotatable bonds is 4. The first-order chi connectivity index (χ1) is 11.0.